The Morgan fingerprint density at radius 1 is 1.41 bits per heavy atom. The number of rotatable bonds is 1. The largest absolute Gasteiger partial charge is 0.464 e. The molecule has 0 fully saturated rings. The summed E-state index contributed by atoms with van der Waals surface area (Å²) < 4.78 is 18.1. The van der Waals surface area contributed by atoms with E-state index in [1.807, 2.05) is 24.3 Å². The minimum atomic E-state index is -0.764. The van der Waals surface area contributed by atoms with Gasteiger partial charge in [0.25, 0.3) is 0 Å². The zero-order chi connectivity index (χ0) is 16.2. The van der Waals surface area contributed by atoms with Crippen LogP contribution in [0.15, 0.2) is 36.8 Å². The Morgan fingerprint density at radius 3 is 2.77 bits per heavy atom. The number of esters is 1. The minimum absolute atomic E-state index is 0.119. The zero-order valence-corrected chi connectivity index (χ0v) is 13.1. The van der Waals surface area contributed by atoms with Crippen LogP contribution in [-0.2, 0) is 11.2 Å². The van der Waals surface area contributed by atoms with Gasteiger partial charge in [-0.05, 0) is 29.4 Å². The molecule has 0 spiro atoms. The molecule has 0 saturated carbocycles. The Hall–Kier alpha value is -2.17. The number of imidazole rings is 1. The number of hydrogen-bond donors (Lipinski definition) is 1. The van der Waals surface area contributed by atoms with Crippen molar-refractivity contribution in [3.05, 3.63) is 53.6 Å². The minimum Gasteiger partial charge on any atom is -0.464 e. The van der Waals surface area contributed by atoms with Gasteiger partial charge in [0.2, 0.25) is 0 Å². The molecule has 2 aromatic rings. The molecule has 1 aliphatic carbocycles. The Morgan fingerprint density at radius 2 is 2.14 bits per heavy atom. The lowest BCUT2D eigenvalue weighted by Crippen LogP contribution is -2.23. The van der Waals surface area contributed by atoms with Crippen molar-refractivity contribution < 1.29 is 13.9 Å². The molecule has 0 bridgehead atoms. The van der Waals surface area contributed by atoms with Crippen molar-refractivity contribution in [3.63, 3.8) is 0 Å². The second-order valence-corrected chi connectivity index (χ2v) is 6.17. The van der Waals surface area contributed by atoms with Gasteiger partial charge in [-0.25, -0.2) is 14.2 Å². The van der Waals surface area contributed by atoms with Crippen LogP contribution in [0.25, 0.3) is 0 Å². The maximum absolute atomic E-state index is 13.7. The first kappa shape index (κ1) is 16.2. The standard InChI is InChI=1S/C12H15F.C5H6N2O2/c1-12(2)7-9-5-3-4-6-10(9)11(13)8-12;1-9-5(8)4-2-6-3-7-4/h3-6,11H,7-8H2,1-2H3;2-3H,1H3,(H,6,7). The van der Waals surface area contributed by atoms with Gasteiger partial charge in [-0.1, -0.05) is 38.1 Å². The maximum Gasteiger partial charge on any atom is 0.356 e. The number of methoxy groups -OCH3 is 1. The van der Waals surface area contributed by atoms with E-state index in [1.165, 1.54) is 25.2 Å². The van der Waals surface area contributed by atoms with Crippen LogP contribution in [0.2, 0.25) is 0 Å². The van der Waals surface area contributed by atoms with Crippen molar-refractivity contribution in [2.75, 3.05) is 7.11 Å². The highest BCUT2D eigenvalue weighted by Crippen LogP contribution is 2.42. The number of fused-ring (bicyclic) bond motifs is 1. The van der Waals surface area contributed by atoms with Crippen LogP contribution in [0.4, 0.5) is 4.39 Å². The number of benzene rings is 1. The Kier molecular flexibility index (Phi) is 4.96. The number of aromatic nitrogens is 2. The highest BCUT2D eigenvalue weighted by Gasteiger charge is 2.31. The first-order valence-electron chi connectivity index (χ1n) is 7.21. The molecule has 0 amide bonds. The van der Waals surface area contributed by atoms with Crippen molar-refractivity contribution in [2.45, 2.75) is 32.9 Å². The fraction of sp³-hybridized carbons (Fsp3) is 0.412. The molecule has 118 valence electrons. The molecular weight excluding hydrogens is 283 g/mol. The number of hydrogen-bond acceptors (Lipinski definition) is 3. The SMILES string of the molecule is CC1(C)Cc2ccccc2C(F)C1.COC(=O)c1cnc[nH]1. The Bertz CT molecular complexity index is 623. The van der Waals surface area contributed by atoms with E-state index in [4.69, 9.17) is 0 Å². The topological polar surface area (TPSA) is 55.0 Å². The average molecular weight is 304 g/mol. The molecule has 0 aliphatic heterocycles. The predicted molar refractivity (Wildman–Crippen MR) is 82.3 cm³/mol. The van der Waals surface area contributed by atoms with Gasteiger partial charge in [0.05, 0.1) is 19.6 Å². The van der Waals surface area contributed by atoms with Gasteiger partial charge in [0.1, 0.15) is 11.9 Å². The Balaban J connectivity index is 0.000000172. The maximum atomic E-state index is 13.7. The predicted octanol–water partition coefficient (Wildman–Crippen LogP) is 3.87. The highest BCUT2D eigenvalue weighted by atomic mass is 19.1. The van der Waals surface area contributed by atoms with Gasteiger partial charge in [0.15, 0.2) is 0 Å². The quantitative estimate of drug-likeness (QED) is 0.814. The molecule has 1 aromatic heterocycles. The summed E-state index contributed by atoms with van der Waals surface area (Å²) in [5.41, 5.74) is 2.58. The molecule has 1 aliphatic rings. The van der Waals surface area contributed by atoms with Crippen LogP contribution in [0.5, 0.6) is 0 Å². The molecule has 4 nitrogen and oxygen atoms in total. The summed E-state index contributed by atoms with van der Waals surface area (Å²) in [5.74, 6) is -0.396. The van der Waals surface area contributed by atoms with E-state index < -0.39 is 12.1 Å². The van der Waals surface area contributed by atoms with Crippen molar-refractivity contribution in [1.82, 2.24) is 9.97 Å². The van der Waals surface area contributed by atoms with Crippen LogP contribution in [0, 0.1) is 5.41 Å². The number of nitrogens with zero attached hydrogens (tertiary/aromatic N) is 1. The number of halogens is 1. The van der Waals surface area contributed by atoms with E-state index >= 15 is 0 Å². The van der Waals surface area contributed by atoms with Gasteiger partial charge in [-0.15, -0.1) is 0 Å². The lowest BCUT2D eigenvalue weighted by Gasteiger charge is -2.33. The number of alkyl halides is 1. The number of aromatic amines is 1. The van der Waals surface area contributed by atoms with Crippen molar-refractivity contribution >= 4 is 5.97 Å². The highest BCUT2D eigenvalue weighted by molar-refractivity contribution is 5.86. The summed E-state index contributed by atoms with van der Waals surface area (Å²) in [5, 5.41) is 0. The second-order valence-electron chi connectivity index (χ2n) is 6.17. The molecule has 5 heteroatoms. The average Bonchev–Trinajstić information content (AvgIpc) is 3.00. The van der Waals surface area contributed by atoms with Crippen molar-refractivity contribution in [1.29, 1.82) is 0 Å². The number of nitrogens with one attached hydrogen (secondary N) is 1. The van der Waals surface area contributed by atoms with Crippen LogP contribution in [-0.4, -0.2) is 23.0 Å². The summed E-state index contributed by atoms with van der Waals surface area (Å²) in [6.07, 6.45) is 3.73. The number of H-pyrrole nitrogens is 1. The third-order valence-electron chi connectivity index (χ3n) is 3.70. The van der Waals surface area contributed by atoms with Gasteiger partial charge < -0.3 is 9.72 Å². The Labute approximate surface area is 129 Å². The van der Waals surface area contributed by atoms with Crippen LogP contribution < -0.4 is 0 Å². The van der Waals surface area contributed by atoms with Gasteiger partial charge >= 0.3 is 5.97 Å². The first-order chi connectivity index (χ1) is 10.4. The zero-order valence-electron chi connectivity index (χ0n) is 13.1. The van der Waals surface area contributed by atoms with E-state index in [9.17, 15) is 9.18 Å². The monoisotopic (exact) mass is 304 g/mol. The molecule has 22 heavy (non-hydrogen) atoms. The molecule has 1 aromatic carbocycles. The second kappa shape index (κ2) is 6.73. The summed E-state index contributed by atoms with van der Waals surface area (Å²) in [7, 11) is 1.32. The molecule has 0 saturated heterocycles. The summed E-state index contributed by atoms with van der Waals surface area (Å²) >= 11 is 0. The number of ether oxygens (including phenoxy) is 1. The molecular formula is C17H21FN2O2. The first-order valence-corrected chi connectivity index (χ1v) is 7.21. The van der Waals surface area contributed by atoms with Crippen LogP contribution in [0.3, 0.4) is 0 Å². The molecule has 3 rings (SSSR count). The van der Waals surface area contributed by atoms with Crippen LogP contribution in [0.1, 0.15) is 48.1 Å². The van der Waals surface area contributed by atoms with Gasteiger partial charge in [-0.3, -0.25) is 0 Å². The lowest BCUT2D eigenvalue weighted by atomic mass is 9.73. The normalized spacial score (nSPS) is 18.6. The van der Waals surface area contributed by atoms with E-state index in [1.54, 1.807) is 0 Å². The lowest BCUT2D eigenvalue weighted by molar-refractivity contribution is 0.0594. The molecule has 1 N–H and O–H groups in total. The molecule has 1 atom stereocenters. The fourth-order valence-electron chi connectivity index (χ4n) is 2.66. The van der Waals surface area contributed by atoms with E-state index in [0.717, 1.165) is 12.0 Å². The third-order valence-corrected chi connectivity index (χ3v) is 3.70. The number of carbonyl (C=O) groups is 1. The molecule has 1 unspecified atom stereocenters. The molecule has 0 radical (unpaired) electrons. The summed E-state index contributed by atoms with van der Waals surface area (Å²) in [6, 6.07) is 7.87. The van der Waals surface area contributed by atoms with E-state index in [2.05, 4.69) is 28.6 Å². The summed E-state index contributed by atoms with van der Waals surface area (Å²) in [6.45, 7) is 4.27. The van der Waals surface area contributed by atoms with E-state index in [0.29, 0.717) is 12.1 Å². The van der Waals surface area contributed by atoms with E-state index in [-0.39, 0.29) is 5.41 Å². The van der Waals surface area contributed by atoms with Gasteiger partial charge in [-0.2, -0.15) is 0 Å². The molecule has 1 heterocycles. The number of carbonyl (C=O) groups excluding carboxylic acids is 1. The fourth-order valence-corrected chi connectivity index (χ4v) is 2.66. The van der Waals surface area contributed by atoms with Crippen molar-refractivity contribution in [3.8, 4) is 0 Å². The van der Waals surface area contributed by atoms with Crippen LogP contribution >= 0.6 is 0 Å². The van der Waals surface area contributed by atoms with Crippen molar-refractivity contribution in [2.24, 2.45) is 5.41 Å². The summed E-state index contributed by atoms with van der Waals surface area (Å²) in [4.78, 5) is 16.8. The smallest absolute Gasteiger partial charge is 0.356 e. The van der Waals surface area contributed by atoms with Gasteiger partial charge in [0, 0.05) is 0 Å². The third kappa shape index (κ3) is 3.93.